The van der Waals surface area contributed by atoms with Crippen molar-refractivity contribution in [3.05, 3.63) is 57.6 Å². The van der Waals surface area contributed by atoms with Crippen LogP contribution in [-0.4, -0.2) is 71.7 Å². The topological polar surface area (TPSA) is 71.7 Å². The predicted octanol–water partition coefficient (Wildman–Crippen LogP) is 6.91. The molecule has 0 saturated carbocycles. The molecule has 40 heavy (non-hydrogen) atoms. The maximum Gasteiger partial charge on any atom is 0.128 e. The molecule has 6 nitrogen and oxygen atoms in total. The average molecular weight is 551 g/mol. The third kappa shape index (κ3) is 9.45. The second-order valence-electron chi connectivity index (χ2n) is 12.7. The maximum atomic E-state index is 11.0. The molecule has 0 heterocycles. The number of hydrogen-bond donors (Lipinski definition) is 2. The number of benzene rings is 2. The minimum absolute atomic E-state index is 0.177. The number of rotatable bonds is 13. The summed E-state index contributed by atoms with van der Waals surface area (Å²) in [5.41, 5.74) is 5.37. The number of phenols is 2. The Morgan fingerprint density at radius 2 is 0.925 bits per heavy atom. The molecule has 0 radical (unpaired) electrons. The van der Waals surface area contributed by atoms with E-state index in [-0.39, 0.29) is 10.8 Å². The van der Waals surface area contributed by atoms with Crippen molar-refractivity contribution >= 4 is 12.4 Å². The van der Waals surface area contributed by atoms with E-state index in [1.807, 2.05) is 12.1 Å². The van der Waals surface area contributed by atoms with Gasteiger partial charge in [-0.05, 0) is 60.3 Å². The van der Waals surface area contributed by atoms with Gasteiger partial charge in [0.2, 0.25) is 0 Å². The fraction of sp³-hybridized carbons (Fsp3) is 0.588. The largest absolute Gasteiger partial charge is 0.507 e. The molecular weight excluding hydrogens is 496 g/mol. The Morgan fingerprint density at radius 3 is 1.20 bits per heavy atom. The molecule has 0 fully saturated rings. The van der Waals surface area contributed by atoms with E-state index in [4.69, 9.17) is 0 Å². The molecule has 2 aromatic rings. The zero-order chi connectivity index (χ0) is 30.1. The molecule has 0 bridgehead atoms. The molecular formula is C34H54N4O2. The van der Waals surface area contributed by atoms with Crippen molar-refractivity contribution in [3.8, 4) is 11.5 Å². The Balaban J connectivity index is 2.24. The van der Waals surface area contributed by atoms with Crippen LogP contribution in [0.2, 0.25) is 0 Å². The molecule has 6 heteroatoms. The number of aromatic hydroxyl groups is 2. The number of nitrogens with zero attached hydrogens (tertiary/aromatic N) is 4. The highest BCUT2D eigenvalue weighted by Gasteiger charge is 2.22. The molecule has 222 valence electrons. The zero-order valence-corrected chi connectivity index (χ0v) is 26.8. The summed E-state index contributed by atoms with van der Waals surface area (Å²) in [7, 11) is 0. The minimum atomic E-state index is -0.177. The van der Waals surface area contributed by atoms with E-state index >= 15 is 0 Å². The molecule has 0 aliphatic carbocycles. The lowest BCUT2D eigenvalue weighted by atomic mass is 9.84. The summed E-state index contributed by atoms with van der Waals surface area (Å²) in [5, 5.41) is 22.1. The number of hydrogen-bond acceptors (Lipinski definition) is 6. The summed E-state index contributed by atoms with van der Waals surface area (Å²) in [6.07, 6.45) is 3.54. The lowest BCUT2D eigenvalue weighted by Gasteiger charge is -2.24. The molecule has 0 aliphatic heterocycles. The van der Waals surface area contributed by atoms with E-state index in [0.29, 0.717) is 24.6 Å². The third-order valence-electron chi connectivity index (χ3n) is 7.43. The van der Waals surface area contributed by atoms with E-state index in [9.17, 15) is 10.2 Å². The van der Waals surface area contributed by atoms with Crippen molar-refractivity contribution in [1.82, 2.24) is 9.80 Å². The van der Waals surface area contributed by atoms with Gasteiger partial charge < -0.3 is 10.2 Å². The number of aliphatic imine (C=N–C) groups is 2. The van der Waals surface area contributed by atoms with Crippen molar-refractivity contribution in [3.63, 3.8) is 0 Å². The molecule has 2 N–H and O–H groups in total. The Kier molecular flexibility index (Phi) is 12.4. The highest BCUT2D eigenvalue weighted by molar-refractivity contribution is 5.85. The van der Waals surface area contributed by atoms with Crippen LogP contribution in [-0.2, 0) is 23.9 Å². The van der Waals surface area contributed by atoms with Crippen LogP contribution >= 0.6 is 0 Å². The van der Waals surface area contributed by atoms with E-state index in [0.717, 1.165) is 61.5 Å². The molecule has 0 amide bonds. The summed E-state index contributed by atoms with van der Waals surface area (Å²) in [6.45, 7) is 28.0. The van der Waals surface area contributed by atoms with Crippen molar-refractivity contribution < 1.29 is 10.2 Å². The molecule has 0 saturated heterocycles. The normalized spacial score (nSPS) is 13.0. The van der Waals surface area contributed by atoms with Crippen LogP contribution in [0.1, 0.15) is 103 Å². The first kappa shape index (κ1) is 33.5. The fourth-order valence-corrected chi connectivity index (χ4v) is 4.81. The van der Waals surface area contributed by atoms with Crippen LogP contribution in [0.15, 0.2) is 34.3 Å². The Labute approximate surface area is 243 Å². The van der Waals surface area contributed by atoms with E-state index in [2.05, 4.69) is 101 Å². The molecule has 0 unspecified atom stereocenters. The highest BCUT2D eigenvalue weighted by atomic mass is 16.3. The van der Waals surface area contributed by atoms with Crippen molar-refractivity contribution in [1.29, 1.82) is 0 Å². The first-order valence-electron chi connectivity index (χ1n) is 14.9. The SMILES string of the molecule is CCN(CC)Cc1cc(/C=N\CC/N=C\c2cc(CN(CC)CC)cc(C(C)(C)C)c2O)c(O)c(C(C)(C)C)c1. The average Bonchev–Trinajstić information content (AvgIpc) is 2.89. The van der Waals surface area contributed by atoms with Gasteiger partial charge in [-0.25, -0.2) is 0 Å². The minimum Gasteiger partial charge on any atom is -0.507 e. The molecule has 0 aromatic heterocycles. The predicted molar refractivity (Wildman–Crippen MR) is 172 cm³/mol. The van der Waals surface area contributed by atoms with Gasteiger partial charge in [-0.15, -0.1) is 0 Å². The smallest absolute Gasteiger partial charge is 0.128 e. The van der Waals surface area contributed by atoms with Crippen LogP contribution < -0.4 is 0 Å². The van der Waals surface area contributed by atoms with Crippen LogP contribution in [0.4, 0.5) is 0 Å². The van der Waals surface area contributed by atoms with Crippen LogP contribution in [0.3, 0.4) is 0 Å². The summed E-state index contributed by atoms with van der Waals surface area (Å²) >= 11 is 0. The van der Waals surface area contributed by atoms with Crippen LogP contribution in [0.25, 0.3) is 0 Å². The lowest BCUT2D eigenvalue weighted by molar-refractivity contribution is 0.295. The molecule has 2 aromatic carbocycles. The third-order valence-corrected chi connectivity index (χ3v) is 7.43. The van der Waals surface area contributed by atoms with E-state index in [1.54, 1.807) is 12.4 Å². The summed E-state index contributed by atoms with van der Waals surface area (Å²) in [5.74, 6) is 0.598. The van der Waals surface area contributed by atoms with Crippen molar-refractivity contribution in [2.75, 3.05) is 39.3 Å². The van der Waals surface area contributed by atoms with E-state index < -0.39 is 0 Å². The van der Waals surface area contributed by atoms with Gasteiger partial charge >= 0.3 is 0 Å². The highest BCUT2D eigenvalue weighted by Crippen LogP contribution is 2.35. The second kappa shape index (κ2) is 14.8. The van der Waals surface area contributed by atoms with Crippen LogP contribution in [0, 0.1) is 0 Å². The monoisotopic (exact) mass is 550 g/mol. The first-order chi connectivity index (χ1) is 18.7. The van der Waals surface area contributed by atoms with Crippen molar-refractivity contribution in [2.45, 2.75) is 93.2 Å². The molecule has 2 rings (SSSR count). The van der Waals surface area contributed by atoms with Gasteiger partial charge in [-0.2, -0.15) is 0 Å². The van der Waals surface area contributed by atoms with Gasteiger partial charge in [0.15, 0.2) is 0 Å². The van der Waals surface area contributed by atoms with Gasteiger partial charge in [0.25, 0.3) is 0 Å². The van der Waals surface area contributed by atoms with Gasteiger partial charge in [-0.1, -0.05) is 81.4 Å². The molecule has 0 aliphatic rings. The quantitative estimate of drug-likeness (QED) is 0.210. The molecule has 0 spiro atoms. The standard InChI is InChI=1S/C34H54N4O2/c1-11-37(12-2)23-25-17-27(31(39)29(19-25)33(5,6)7)21-35-15-16-36-22-28-18-26(24-38(13-3)14-4)20-30(32(28)40)34(8,9)10/h17-22,39-40H,11-16,23-24H2,1-10H3/b35-21-,36-22-. The van der Waals surface area contributed by atoms with Gasteiger partial charge in [0.05, 0.1) is 13.1 Å². The maximum absolute atomic E-state index is 11.0. The Morgan fingerprint density at radius 1 is 0.600 bits per heavy atom. The summed E-state index contributed by atoms with van der Waals surface area (Å²) in [6, 6.07) is 8.34. The summed E-state index contributed by atoms with van der Waals surface area (Å²) < 4.78 is 0. The lowest BCUT2D eigenvalue weighted by Crippen LogP contribution is -2.23. The van der Waals surface area contributed by atoms with Crippen molar-refractivity contribution in [2.24, 2.45) is 9.98 Å². The van der Waals surface area contributed by atoms with E-state index in [1.165, 1.54) is 11.1 Å². The van der Waals surface area contributed by atoms with Crippen LogP contribution in [0.5, 0.6) is 11.5 Å². The second-order valence-corrected chi connectivity index (χ2v) is 12.7. The Bertz CT molecular complexity index is 1060. The first-order valence-corrected chi connectivity index (χ1v) is 14.9. The van der Waals surface area contributed by atoms with Gasteiger partial charge in [0, 0.05) is 47.8 Å². The van der Waals surface area contributed by atoms with Gasteiger partial charge in [0.1, 0.15) is 11.5 Å². The Hall–Kier alpha value is -2.70. The number of phenolic OH excluding ortho intramolecular Hbond substituents is 2. The summed E-state index contributed by atoms with van der Waals surface area (Å²) in [4.78, 5) is 13.9. The van der Waals surface area contributed by atoms with Gasteiger partial charge in [-0.3, -0.25) is 19.8 Å². The zero-order valence-electron chi connectivity index (χ0n) is 26.8. The fourth-order valence-electron chi connectivity index (χ4n) is 4.81. The molecule has 0 atom stereocenters.